The minimum atomic E-state index is -0.545. The third kappa shape index (κ3) is 5.27. The average Bonchev–Trinajstić information content (AvgIpc) is 2.55. The van der Waals surface area contributed by atoms with Crippen LogP contribution in [0.3, 0.4) is 0 Å². The van der Waals surface area contributed by atoms with E-state index in [1.165, 1.54) is 12.1 Å². The molecule has 0 saturated heterocycles. The number of nitrogens with zero attached hydrogens (tertiary/aromatic N) is 1. The molecule has 0 heterocycles. The quantitative estimate of drug-likeness (QED) is 0.279. The van der Waals surface area contributed by atoms with E-state index in [4.69, 9.17) is 23.2 Å². The molecule has 2 aromatic carbocycles. The first-order chi connectivity index (χ1) is 10.5. The van der Waals surface area contributed by atoms with Gasteiger partial charge in [-0.05, 0) is 17.7 Å². The van der Waals surface area contributed by atoms with Crippen molar-refractivity contribution in [2.24, 2.45) is 0 Å². The van der Waals surface area contributed by atoms with E-state index in [0.717, 1.165) is 0 Å². The van der Waals surface area contributed by atoms with Gasteiger partial charge in [-0.2, -0.15) is 0 Å². The van der Waals surface area contributed by atoms with Crippen LogP contribution in [0.2, 0.25) is 0 Å². The number of hydrogen-bond donors (Lipinski definition) is 0. The van der Waals surface area contributed by atoms with E-state index in [9.17, 15) is 19.7 Å². The lowest BCUT2D eigenvalue weighted by Gasteiger charge is -2.01. The van der Waals surface area contributed by atoms with E-state index in [2.05, 4.69) is 0 Å². The monoisotopic (exact) mass is 339 g/mol. The van der Waals surface area contributed by atoms with Crippen LogP contribution in [0, 0.1) is 10.1 Å². The predicted octanol–water partition coefficient (Wildman–Crippen LogP) is 3.82. The number of hydrogen-bond acceptors (Lipinski definition) is 4. The van der Waals surface area contributed by atoms with Crippen molar-refractivity contribution in [2.75, 3.05) is 5.88 Å². The fourth-order valence-corrected chi connectivity index (χ4v) is 1.57. The second-order valence-corrected chi connectivity index (χ2v) is 4.65. The van der Waals surface area contributed by atoms with E-state index >= 15 is 0 Å². The van der Waals surface area contributed by atoms with Gasteiger partial charge in [-0.3, -0.25) is 19.7 Å². The van der Waals surface area contributed by atoms with E-state index in [-0.39, 0.29) is 22.9 Å². The van der Waals surface area contributed by atoms with Crippen LogP contribution >= 0.6 is 23.2 Å². The Morgan fingerprint density at radius 3 is 2.00 bits per heavy atom. The number of benzene rings is 2. The van der Waals surface area contributed by atoms with Gasteiger partial charge < -0.3 is 0 Å². The number of carbonyl (C=O) groups is 2. The summed E-state index contributed by atoms with van der Waals surface area (Å²) in [7, 11) is 0. The topological polar surface area (TPSA) is 77.3 Å². The Morgan fingerprint density at radius 2 is 1.50 bits per heavy atom. The molecule has 0 atom stereocenters. The lowest BCUT2D eigenvalue weighted by molar-refractivity contribution is -0.385. The Balaban J connectivity index is 0.000000422. The average molecular weight is 340 g/mol. The molecule has 0 amide bonds. The summed E-state index contributed by atoms with van der Waals surface area (Å²) in [6.45, 7) is 0. The first kappa shape index (κ1) is 17.8. The summed E-state index contributed by atoms with van der Waals surface area (Å²) in [4.78, 5) is 31.8. The molecule has 0 unspecified atom stereocenters. The third-order valence-electron chi connectivity index (χ3n) is 2.49. The molecule has 0 spiro atoms. The Hall–Kier alpha value is -2.24. The smallest absolute Gasteiger partial charge is 0.280 e. The second-order valence-electron chi connectivity index (χ2n) is 3.96. The highest BCUT2D eigenvalue weighted by Gasteiger charge is 2.19. The Morgan fingerprint density at radius 1 is 1.00 bits per heavy atom. The predicted molar refractivity (Wildman–Crippen MR) is 84.6 cm³/mol. The van der Waals surface area contributed by atoms with Gasteiger partial charge >= 0.3 is 0 Å². The standard InChI is InChI=1S/C13H9NO3.C2H2Cl2O/c15-13(10-6-2-1-3-7-10)11-8-4-5-9-12(11)14(16)17;3-1-2(4)5/h1-9H;1H2. The van der Waals surface area contributed by atoms with Gasteiger partial charge in [-0.25, -0.2) is 0 Å². The van der Waals surface area contributed by atoms with Gasteiger partial charge in [0.15, 0.2) is 5.78 Å². The molecule has 0 aliphatic carbocycles. The molecular weight excluding hydrogens is 329 g/mol. The van der Waals surface area contributed by atoms with E-state index in [0.29, 0.717) is 5.56 Å². The van der Waals surface area contributed by atoms with Crippen LogP contribution in [0.1, 0.15) is 15.9 Å². The van der Waals surface area contributed by atoms with E-state index in [1.54, 1.807) is 42.5 Å². The van der Waals surface area contributed by atoms with Crippen LogP contribution < -0.4 is 0 Å². The van der Waals surface area contributed by atoms with Crippen molar-refractivity contribution in [1.29, 1.82) is 0 Å². The molecule has 0 saturated carbocycles. The van der Waals surface area contributed by atoms with Crippen LogP contribution in [-0.2, 0) is 4.79 Å². The first-order valence-electron chi connectivity index (χ1n) is 6.04. The Bertz CT molecular complexity index is 674. The Labute approximate surface area is 136 Å². The summed E-state index contributed by atoms with van der Waals surface area (Å²) in [6, 6.07) is 14.5. The highest BCUT2D eigenvalue weighted by Crippen LogP contribution is 2.20. The van der Waals surface area contributed by atoms with Crippen molar-refractivity contribution in [3.8, 4) is 0 Å². The van der Waals surface area contributed by atoms with Gasteiger partial charge in [0.25, 0.3) is 5.69 Å². The van der Waals surface area contributed by atoms with Crippen molar-refractivity contribution < 1.29 is 14.5 Å². The summed E-state index contributed by atoms with van der Waals surface area (Å²) in [5.41, 5.74) is 0.395. The third-order valence-corrected chi connectivity index (χ3v) is 3.00. The molecule has 114 valence electrons. The molecule has 2 aromatic rings. The molecule has 0 aliphatic rings. The number of rotatable bonds is 4. The fraction of sp³-hybridized carbons (Fsp3) is 0.0667. The van der Waals surface area contributed by atoms with E-state index in [1.807, 2.05) is 0 Å². The highest BCUT2D eigenvalue weighted by atomic mass is 35.5. The largest absolute Gasteiger partial charge is 0.288 e. The lowest BCUT2D eigenvalue weighted by atomic mass is 10.0. The van der Waals surface area contributed by atoms with Crippen molar-refractivity contribution in [1.82, 2.24) is 0 Å². The highest BCUT2D eigenvalue weighted by molar-refractivity contribution is 6.67. The zero-order valence-corrected chi connectivity index (χ0v) is 12.8. The maximum absolute atomic E-state index is 12.1. The molecule has 5 nitrogen and oxygen atoms in total. The zero-order chi connectivity index (χ0) is 16.5. The summed E-state index contributed by atoms with van der Waals surface area (Å²) in [5.74, 6) is -0.431. The van der Waals surface area contributed by atoms with Crippen LogP contribution in [0.15, 0.2) is 54.6 Å². The number of halogens is 2. The number of para-hydroxylation sites is 1. The van der Waals surface area contributed by atoms with Crippen molar-refractivity contribution in [3.63, 3.8) is 0 Å². The summed E-state index contributed by atoms with van der Waals surface area (Å²) < 4.78 is 0. The van der Waals surface area contributed by atoms with Crippen molar-refractivity contribution in [2.45, 2.75) is 0 Å². The van der Waals surface area contributed by atoms with Crippen LogP contribution in [0.25, 0.3) is 0 Å². The van der Waals surface area contributed by atoms with Gasteiger partial charge in [-0.15, -0.1) is 11.6 Å². The van der Waals surface area contributed by atoms with Gasteiger partial charge in [0.2, 0.25) is 5.24 Å². The number of nitro benzene ring substituents is 1. The molecular formula is C15H11Cl2NO4. The Kier molecular flexibility index (Phi) is 7.22. The van der Waals surface area contributed by atoms with Crippen molar-refractivity contribution >= 4 is 39.9 Å². The molecule has 0 fully saturated rings. The number of carbonyl (C=O) groups excluding carboxylic acids is 2. The lowest BCUT2D eigenvalue weighted by Crippen LogP contribution is -2.04. The number of alkyl halides is 1. The van der Waals surface area contributed by atoms with Crippen LogP contribution in [-0.4, -0.2) is 21.8 Å². The molecule has 0 N–H and O–H groups in total. The zero-order valence-electron chi connectivity index (χ0n) is 11.2. The molecule has 0 radical (unpaired) electrons. The molecule has 22 heavy (non-hydrogen) atoms. The van der Waals surface area contributed by atoms with Crippen LogP contribution in [0.5, 0.6) is 0 Å². The summed E-state index contributed by atoms with van der Waals surface area (Å²) in [6.07, 6.45) is 0. The fourth-order valence-electron chi connectivity index (χ4n) is 1.57. The minimum Gasteiger partial charge on any atom is -0.288 e. The number of ketones is 1. The van der Waals surface area contributed by atoms with E-state index < -0.39 is 10.2 Å². The summed E-state index contributed by atoms with van der Waals surface area (Å²) >= 11 is 9.55. The molecule has 0 aliphatic heterocycles. The first-order valence-corrected chi connectivity index (χ1v) is 6.96. The normalized spacial score (nSPS) is 9.36. The van der Waals surface area contributed by atoms with Gasteiger partial charge in [-0.1, -0.05) is 42.5 Å². The SMILES string of the molecule is O=C(Cl)CCl.O=C(c1ccccc1)c1ccccc1[N+](=O)[O-]. The molecule has 0 aromatic heterocycles. The minimum absolute atomic E-state index is 0.0957. The van der Waals surface area contributed by atoms with Gasteiger partial charge in [0.05, 0.1) is 10.8 Å². The molecule has 2 rings (SSSR count). The number of nitro groups is 1. The van der Waals surface area contributed by atoms with Gasteiger partial charge in [0, 0.05) is 11.6 Å². The van der Waals surface area contributed by atoms with Gasteiger partial charge in [0.1, 0.15) is 5.56 Å². The molecule has 0 bridgehead atoms. The molecule has 7 heteroatoms. The van der Waals surface area contributed by atoms with Crippen molar-refractivity contribution in [3.05, 3.63) is 75.8 Å². The maximum Gasteiger partial charge on any atom is 0.280 e. The summed E-state index contributed by atoms with van der Waals surface area (Å²) in [5, 5.41) is 10.3. The maximum atomic E-state index is 12.1. The second kappa shape index (κ2) is 8.92. The van der Waals surface area contributed by atoms with Crippen LogP contribution in [0.4, 0.5) is 5.69 Å².